The van der Waals surface area contributed by atoms with E-state index < -0.39 is 10.1 Å². The summed E-state index contributed by atoms with van der Waals surface area (Å²) in [6.45, 7) is 2.92. The Morgan fingerprint density at radius 2 is 1.95 bits per heavy atom. The quantitative estimate of drug-likeness (QED) is 0.588. The van der Waals surface area contributed by atoms with Gasteiger partial charge in [-0.1, -0.05) is 0 Å². The van der Waals surface area contributed by atoms with Gasteiger partial charge in [0.15, 0.2) is 0 Å². The van der Waals surface area contributed by atoms with Crippen LogP contribution < -0.4 is 14.8 Å². The van der Waals surface area contributed by atoms with E-state index in [-0.39, 0.29) is 5.75 Å². The van der Waals surface area contributed by atoms with Gasteiger partial charge in [0.05, 0.1) is 19.9 Å². The number of hydrogen-bond acceptors (Lipinski definition) is 5. The van der Waals surface area contributed by atoms with Gasteiger partial charge >= 0.3 is 66.9 Å². The molecule has 0 aliphatic heterocycles. The van der Waals surface area contributed by atoms with Gasteiger partial charge in [0.25, 0.3) is 0 Å². The Kier molecular flexibility index (Phi) is 10.9. The topological polar surface area (TPSA) is 84.9 Å². The van der Waals surface area contributed by atoms with E-state index in [0.717, 1.165) is 55.3 Å². The first-order valence-corrected chi connectivity index (χ1v) is 9.81. The van der Waals surface area contributed by atoms with Crippen LogP contribution in [0, 0.1) is 0 Å². The molecule has 116 valence electrons. The zero-order valence-electron chi connectivity index (χ0n) is 13.0. The van der Waals surface area contributed by atoms with E-state index in [4.69, 9.17) is 14.0 Å². The summed E-state index contributed by atoms with van der Waals surface area (Å²) in [5.74, 6) is 1.54. The number of methoxy groups -OCH3 is 2. The molecule has 0 atom stereocenters. The monoisotopic (exact) mass is 327 g/mol. The van der Waals surface area contributed by atoms with Gasteiger partial charge in [0.1, 0.15) is 11.5 Å². The second kappa shape index (κ2) is 11.1. The minimum atomic E-state index is -3.66. The Bertz CT molecular complexity index is 507. The molecule has 0 bridgehead atoms. The van der Waals surface area contributed by atoms with E-state index in [9.17, 15) is 8.42 Å². The predicted molar refractivity (Wildman–Crippen MR) is 85.3 cm³/mol. The van der Waals surface area contributed by atoms with Crippen molar-refractivity contribution in [3.05, 3.63) is 18.2 Å². The summed E-state index contributed by atoms with van der Waals surface area (Å²) in [6.07, 6.45) is 0.602. The molecule has 0 radical (unpaired) electrons. The molecule has 0 amide bonds. The Labute approximate surface area is 144 Å². The second-order valence-electron chi connectivity index (χ2n) is 4.24. The third-order valence-corrected chi connectivity index (χ3v) is 4.04. The van der Waals surface area contributed by atoms with Crippen LogP contribution in [0.4, 0.5) is 5.69 Å². The Hall–Kier alpha value is -0.470. The van der Waals surface area contributed by atoms with Gasteiger partial charge in [-0.25, -0.2) is 0 Å². The van der Waals surface area contributed by atoms with Crippen molar-refractivity contribution in [3.63, 3.8) is 0 Å². The summed E-state index contributed by atoms with van der Waals surface area (Å²) in [5, 5.41) is 3.20. The average Bonchev–Trinajstić information content (AvgIpc) is 2.45. The first-order valence-electron chi connectivity index (χ1n) is 6.79. The van der Waals surface area contributed by atoms with Gasteiger partial charge in [0, 0.05) is 12.6 Å². The summed E-state index contributed by atoms with van der Waals surface area (Å²) < 4.78 is 39.3. The summed E-state index contributed by atoms with van der Waals surface area (Å²) in [4.78, 5) is 0. The second-order valence-corrected chi connectivity index (χ2v) is 6.81. The maximum atomic E-state index is 9.96. The third-order valence-electron chi connectivity index (χ3n) is 2.53. The molecular weight excluding hydrogens is 305 g/mol. The van der Waals surface area contributed by atoms with Crippen LogP contribution in [0.3, 0.4) is 0 Å². The summed E-state index contributed by atoms with van der Waals surface area (Å²) >= 11 is 1.01. The first-order chi connectivity index (χ1) is 9.87. The molecule has 8 heteroatoms. The van der Waals surface area contributed by atoms with E-state index in [1.807, 2.05) is 25.1 Å². The average molecular weight is 327 g/mol. The van der Waals surface area contributed by atoms with Gasteiger partial charge in [-0.3, -0.25) is 0 Å². The van der Waals surface area contributed by atoms with Crippen molar-refractivity contribution in [2.24, 2.45) is 0 Å². The Balaban J connectivity index is 0.000000433. The van der Waals surface area contributed by atoms with Crippen molar-refractivity contribution < 1.29 is 22.4 Å². The van der Waals surface area contributed by atoms with Gasteiger partial charge in [-0.05, 0) is 19.1 Å². The molecule has 2 N–H and O–H groups in total. The number of anilines is 1. The van der Waals surface area contributed by atoms with Gasteiger partial charge in [0.2, 0.25) is 0 Å². The van der Waals surface area contributed by atoms with E-state index >= 15 is 0 Å². The summed E-state index contributed by atoms with van der Waals surface area (Å²) in [5.41, 5.74) is 0.991. The number of nitrogens with one attached hydrogen (secondary N) is 1. The molecule has 0 unspecified atom stereocenters. The molecule has 0 saturated heterocycles. The standard InChI is InChI=1S/C10H15NO2.C3H7O3S.Na/c1-4-11-9-6-5-8(12-2)7-10(9)13-3;1-2-3-7(4,5)6;/h5-7,11H,4H2,1-3H3;1-3H2,(H,4,5,6);. The molecule has 6 nitrogen and oxygen atoms in total. The number of ether oxygens (including phenoxy) is 2. The van der Waals surface area contributed by atoms with Crippen LogP contribution in [0.1, 0.15) is 13.3 Å². The van der Waals surface area contributed by atoms with Gasteiger partial charge in [-0.15, -0.1) is 0 Å². The fourth-order valence-corrected chi connectivity index (χ4v) is 2.98. The molecule has 0 spiro atoms. The van der Waals surface area contributed by atoms with E-state index in [2.05, 4.69) is 5.32 Å². The Morgan fingerprint density at radius 3 is 2.33 bits per heavy atom. The van der Waals surface area contributed by atoms with E-state index in [0.29, 0.717) is 6.42 Å². The van der Waals surface area contributed by atoms with Crippen LogP contribution in [0.2, 0.25) is 3.67 Å². The first kappa shape index (κ1) is 20.5. The number of hydrogen-bond donors (Lipinski definition) is 2. The molecule has 1 aromatic rings. The van der Waals surface area contributed by atoms with Crippen LogP contribution in [0.5, 0.6) is 11.5 Å². The van der Waals surface area contributed by atoms with Crippen LogP contribution in [-0.4, -0.2) is 67.4 Å². The summed E-state index contributed by atoms with van der Waals surface area (Å²) in [7, 11) is -0.375. The van der Waals surface area contributed by atoms with Crippen LogP contribution in [0.25, 0.3) is 0 Å². The molecule has 0 saturated carbocycles. The Morgan fingerprint density at radius 1 is 1.29 bits per heavy atom. The van der Waals surface area contributed by atoms with Crippen molar-refractivity contribution >= 4 is 43.7 Å². The van der Waals surface area contributed by atoms with Crippen molar-refractivity contribution in [1.82, 2.24) is 0 Å². The normalized spacial score (nSPS) is 10.4. The van der Waals surface area contributed by atoms with Crippen LogP contribution >= 0.6 is 0 Å². The molecule has 0 aliphatic rings. The van der Waals surface area contributed by atoms with Gasteiger partial charge < -0.3 is 14.8 Å². The van der Waals surface area contributed by atoms with Crippen molar-refractivity contribution in [2.45, 2.75) is 17.0 Å². The summed E-state index contributed by atoms with van der Waals surface area (Å²) in [6, 6.07) is 5.71. The van der Waals surface area contributed by atoms with E-state index in [1.165, 1.54) is 0 Å². The van der Waals surface area contributed by atoms with Crippen molar-refractivity contribution in [1.29, 1.82) is 0 Å². The minimum absolute atomic E-state index is 0.0729. The molecule has 1 rings (SSSR count). The third kappa shape index (κ3) is 9.97. The zero-order chi connectivity index (χ0) is 16.3. The fourth-order valence-electron chi connectivity index (χ4n) is 1.46. The number of rotatable bonds is 7. The van der Waals surface area contributed by atoms with E-state index in [1.54, 1.807) is 14.2 Å². The van der Waals surface area contributed by atoms with Crippen LogP contribution in [0.15, 0.2) is 18.2 Å². The molecule has 0 heterocycles. The van der Waals surface area contributed by atoms with Crippen molar-refractivity contribution in [2.75, 3.05) is 31.8 Å². The molecule has 0 fully saturated rings. The maximum absolute atomic E-state index is 9.96. The molecule has 1 aromatic carbocycles. The van der Waals surface area contributed by atoms with Gasteiger partial charge in [-0.2, -0.15) is 0 Å². The van der Waals surface area contributed by atoms with Crippen molar-refractivity contribution in [3.8, 4) is 11.5 Å². The predicted octanol–water partition coefficient (Wildman–Crippen LogP) is 1.99. The SMILES string of the molecule is CCNc1ccc(OC)cc1OC.O=S(=O)(O)CC[CH2][Na]. The molecule has 21 heavy (non-hydrogen) atoms. The zero-order valence-corrected chi connectivity index (χ0v) is 15.9. The molecule has 0 aromatic heterocycles. The number of benzene rings is 1. The van der Waals surface area contributed by atoms with Crippen LogP contribution in [-0.2, 0) is 10.1 Å². The molecular formula is C13H22NNaO5S. The molecule has 0 aliphatic carbocycles. The fraction of sp³-hybridized carbons (Fsp3) is 0.538.